The molecule has 0 aliphatic rings. The van der Waals surface area contributed by atoms with Crippen LogP contribution in [-0.2, 0) is 6.61 Å². The molecule has 0 spiro atoms. The van der Waals surface area contributed by atoms with Gasteiger partial charge in [-0.25, -0.2) is 0 Å². The van der Waals surface area contributed by atoms with Crippen molar-refractivity contribution in [2.75, 3.05) is 26.1 Å². The van der Waals surface area contributed by atoms with E-state index < -0.39 is 0 Å². The summed E-state index contributed by atoms with van der Waals surface area (Å²) in [5, 5.41) is 7.64. The van der Waals surface area contributed by atoms with Crippen molar-refractivity contribution in [1.29, 1.82) is 5.41 Å². The molecule has 0 aliphatic heterocycles. The highest BCUT2D eigenvalue weighted by Gasteiger charge is 2.13. The van der Waals surface area contributed by atoms with Crippen molar-refractivity contribution < 1.29 is 9.47 Å². The van der Waals surface area contributed by atoms with E-state index in [4.69, 9.17) is 20.6 Å². The zero-order valence-electron chi connectivity index (χ0n) is 13.1. The maximum atomic E-state index is 7.64. The molecule has 0 amide bonds. The Morgan fingerprint density at radius 3 is 2.36 bits per heavy atom. The summed E-state index contributed by atoms with van der Waals surface area (Å²) in [6.07, 6.45) is 0. The molecule has 22 heavy (non-hydrogen) atoms. The molecular weight excluding hydrogens is 278 g/mol. The highest BCUT2D eigenvalue weighted by atomic mass is 16.5. The topological polar surface area (TPSA) is 71.6 Å². The molecule has 5 heteroatoms. The van der Waals surface area contributed by atoms with Gasteiger partial charge >= 0.3 is 0 Å². The third-order valence-corrected chi connectivity index (χ3v) is 3.32. The fraction of sp³-hybridized carbons (Fsp3) is 0.235. The molecule has 0 bridgehead atoms. The number of amidine groups is 1. The van der Waals surface area contributed by atoms with Crippen LogP contribution in [0.15, 0.2) is 42.5 Å². The molecule has 0 saturated carbocycles. The van der Waals surface area contributed by atoms with Gasteiger partial charge in [-0.05, 0) is 29.8 Å². The lowest BCUT2D eigenvalue weighted by Gasteiger charge is -2.15. The van der Waals surface area contributed by atoms with Crippen LogP contribution in [0.2, 0.25) is 0 Å². The highest BCUT2D eigenvalue weighted by Crippen LogP contribution is 2.31. The molecule has 0 radical (unpaired) electrons. The van der Waals surface area contributed by atoms with E-state index in [0.717, 1.165) is 11.3 Å². The molecule has 0 saturated heterocycles. The molecule has 2 rings (SSSR count). The molecule has 0 fully saturated rings. The molecule has 0 heterocycles. The Balaban J connectivity index is 2.18. The van der Waals surface area contributed by atoms with Crippen LogP contribution in [0.5, 0.6) is 11.5 Å². The summed E-state index contributed by atoms with van der Waals surface area (Å²) in [5.41, 5.74) is 8.30. The second-order valence-corrected chi connectivity index (χ2v) is 5.10. The van der Waals surface area contributed by atoms with Crippen LogP contribution >= 0.6 is 0 Å². The quantitative estimate of drug-likeness (QED) is 0.635. The van der Waals surface area contributed by atoms with Gasteiger partial charge in [-0.15, -0.1) is 0 Å². The summed E-state index contributed by atoms with van der Waals surface area (Å²) < 4.78 is 11.1. The van der Waals surface area contributed by atoms with Crippen LogP contribution in [0.1, 0.15) is 11.1 Å². The van der Waals surface area contributed by atoms with Gasteiger partial charge in [0.15, 0.2) is 11.5 Å². The Kier molecular flexibility index (Phi) is 4.88. The highest BCUT2D eigenvalue weighted by molar-refractivity contribution is 5.98. The summed E-state index contributed by atoms with van der Waals surface area (Å²) in [5.74, 6) is 1.02. The largest absolute Gasteiger partial charge is 0.493 e. The summed E-state index contributed by atoms with van der Waals surface area (Å²) in [7, 11) is 5.57. The van der Waals surface area contributed by atoms with Gasteiger partial charge in [0.25, 0.3) is 0 Å². The number of nitrogens with two attached hydrogens (primary N) is 1. The Labute approximate surface area is 130 Å². The second-order valence-electron chi connectivity index (χ2n) is 5.10. The Morgan fingerprint density at radius 1 is 1.14 bits per heavy atom. The van der Waals surface area contributed by atoms with Gasteiger partial charge in [0.05, 0.1) is 12.7 Å². The molecule has 0 unspecified atom stereocenters. The summed E-state index contributed by atoms with van der Waals surface area (Å²) >= 11 is 0. The van der Waals surface area contributed by atoms with Crippen LogP contribution in [0.3, 0.4) is 0 Å². The van der Waals surface area contributed by atoms with Crippen molar-refractivity contribution in [1.82, 2.24) is 0 Å². The first kappa shape index (κ1) is 15.7. The van der Waals surface area contributed by atoms with E-state index >= 15 is 0 Å². The Morgan fingerprint density at radius 2 is 1.82 bits per heavy atom. The Bertz CT molecular complexity index is 651. The zero-order valence-corrected chi connectivity index (χ0v) is 13.1. The van der Waals surface area contributed by atoms with E-state index in [1.165, 1.54) is 0 Å². The lowest BCUT2D eigenvalue weighted by molar-refractivity contribution is 0.284. The van der Waals surface area contributed by atoms with Crippen LogP contribution in [0.25, 0.3) is 0 Å². The third kappa shape index (κ3) is 3.49. The SMILES string of the molecule is COc1cccc(C(=N)N)c1OCc1ccc(N(C)C)cc1. The van der Waals surface area contributed by atoms with Crippen LogP contribution in [0, 0.1) is 5.41 Å². The number of methoxy groups -OCH3 is 1. The molecule has 0 aliphatic carbocycles. The first-order chi connectivity index (χ1) is 10.5. The van der Waals surface area contributed by atoms with E-state index in [-0.39, 0.29) is 5.84 Å². The normalized spacial score (nSPS) is 10.1. The maximum Gasteiger partial charge on any atom is 0.172 e. The van der Waals surface area contributed by atoms with Crippen LogP contribution in [-0.4, -0.2) is 27.0 Å². The van der Waals surface area contributed by atoms with E-state index in [2.05, 4.69) is 0 Å². The average Bonchev–Trinajstić information content (AvgIpc) is 2.52. The molecular formula is C17H21N3O2. The summed E-state index contributed by atoms with van der Waals surface area (Å²) in [6.45, 7) is 0.383. The number of para-hydroxylation sites is 1. The average molecular weight is 299 g/mol. The molecule has 116 valence electrons. The molecule has 2 aromatic rings. The van der Waals surface area contributed by atoms with Crippen molar-refractivity contribution in [3.05, 3.63) is 53.6 Å². The second kappa shape index (κ2) is 6.85. The summed E-state index contributed by atoms with van der Waals surface area (Å²) in [4.78, 5) is 2.04. The lowest BCUT2D eigenvalue weighted by Crippen LogP contribution is -2.13. The minimum atomic E-state index is -0.0446. The predicted molar refractivity (Wildman–Crippen MR) is 89.1 cm³/mol. The first-order valence-corrected chi connectivity index (χ1v) is 6.93. The number of benzene rings is 2. The van der Waals surface area contributed by atoms with Gasteiger partial charge in [-0.2, -0.15) is 0 Å². The zero-order chi connectivity index (χ0) is 16.1. The number of ether oxygens (including phenoxy) is 2. The first-order valence-electron chi connectivity index (χ1n) is 6.93. The molecule has 2 aromatic carbocycles. The number of nitrogens with one attached hydrogen (secondary N) is 1. The lowest BCUT2D eigenvalue weighted by atomic mass is 10.1. The number of hydrogen-bond acceptors (Lipinski definition) is 4. The maximum absolute atomic E-state index is 7.64. The number of rotatable bonds is 6. The van der Waals surface area contributed by atoms with Crippen molar-refractivity contribution in [3.8, 4) is 11.5 Å². The number of hydrogen-bond donors (Lipinski definition) is 2. The van der Waals surface area contributed by atoms with Crippen molar-refractivity contribution >= 4 is 11.5 Å². The van der Waals surface area contributed by atoms with Gasteiger partial charge in [0, 0.05) is 19.8 Å². The van der Waals surface area contributed by atoms with Gasteiger partial charge in [-0.3, -0.25) is 5.41 Å². The number of nitrogen functional groups attached to an aromatic ring is 1. The number of anilines is 1. The van der Waals surface area contributed by atoms with Gasteiger partial charge in [0.1, 0.15) is 12.4 Å². The van der Waals surface area contributed by atoms with E-state index in [0.29, 0.717) is 23.7 Å². The minimum absolute atomic E-state index is 0.0446. The number of nitrogens with zero attached hydrogens (tertiary/aromatic N) is 1. The minimum Gasteiger partial charge on any atom is -0.493 e. The van der Waals surface area contributed by atoms with E-state index in [1.807, 2.05) is 43.3 Å². The van der Waals surface area contributed by atoms with Gasteiger partial charge in [-0.1, -0.05) is 18.2 Å². The van der Waals surface area contributed by atoms with Crippen LogP contribution < -0.4 is 20.1 Å². The van der Waals surface area contributed by atoms with Gasteiger partial charge in [0.2, 0.25) is 0 Å². The molecule has 0 aromatic heterocycles. The fourth-order valence-corrected chi connectivity index (χ4v) is 2.08. The standard InChI is InChI=1S/C17H21N3O2/c1-20(2)13-9-7-12(8-10-13)11-22-16-14(17(18)19)5-4-6-15(16)21-3/h4-10H,11H2,1-3H3,(H3,18,19). The van der Waals surface area contributed by atoms with Crippen molar-refractivity contribution in [2.24, 2.45) is 5.73 Å². The van der Waals surface area contributed by atoms with E-state index in [9.17, 15) is 0 Å². The van der Waals surface area contributed by atoms with E-state index in [1.54, 1.807) is 25.3 Å². The van der Waals surface area contributed by atoms with Crippen LogP contribution in [0.4, 0.5) is 5.69 Å². The molecule has 0 atom stereocenters. The Hall–Kier alpha value is -2.69. The summed E-state index contributed by atoms with van der Waals surface area (Å²) in [6, 6.07) is 13.4. The predicted octanol–water partition coefficient (Wildman–Crippen LogP) is 2.62. The third-order valence-electron chi connectivity index (χ3n) is 3.32. The monoisotopic (exact) mass is 299 g/mol. The fourth-order valence-electron chi connectivity index (χ4n) is 2.08. The van der Waals surface area contributed by atoms with Gasteiger partial charge < -0.3 is 20.1 Å². The van der Waals surface area contributed by atoms with Crippen molar-refractivity contribution in [3.63, 3.8) is 0 Å². The van der Waals surface area contributed by atoms with Crippen molar-refractivity contribution in [2.45, 2.75) is 6.61 Å². The smallest absolute Gasteiger partial charge is 0.172 e. The molecule has 5 nitrogen and oxygen atoms in total. The molecule has 3 N–H and O–H groups in total.